The van der Waals surface area contributed by atoms with Crippen molar-refractivity contribution in [2.24, 2.45) is 34.0 Å². The molecule has 8 atom stereocenters. The number of fused-ring (bicyclic) bond motifs is 2. The van der Waals surface area contributed by atoms with E-state index in [0.29, 0.717) is 30.6 Å². The minimum Gasteiger partial charge on any atom is -0.458 e. The van der Waals surface area contributed by atoms with Crippen molar-refractivity contribution in [2.75, 3.05) is 6.61 Å². The predicted octanol–water partition coefficient (Wildman–Crippen LogP) is 7.20. The second-order valence-corrected chi connectivity index (χ2v) is 13.8. The molecule has 0 saturated heterocycles. The molecule has 0 heterocycles. The molecule has 204 valence electrons. The van der Waals surface area contributed by atoms with Crippen molar-refractivity contribution in [3.63, 3.8) is 0 Å². The Morgan fingerprint density at radius 3 is 2.34 bits per heavy atom. The maximum atomic E-state index is 13.4. The minimum absolute atomic E-state index is 0.0475. The Morgan fingerprint density at radius 2 is 1.61 bits per heavy atom. The summed E-state index contributed by atoms with van der Waals surface area (Å²) in [5, 5.41) is 11.3. The van der Waals surface area contributed by atoms with Gasteiger partial charge >= 0.3 is 5.97 Å². The Morgan fingerprint density at radius 1 is 0.895 bits per heavy atom. The highest BCUT2D eigenvalue weighted by Crippen LogP contribution is 2.75. The van der Waals surface area contributed by atoms with Crippen LogP contribution in [0.25, 0.3) is 0 Å². The third-order valence-corrected chi connectivity index (χ3v) is 11.6. The molecule has 4 aliphatic carbocycles. The molecule has 0 aliphatic heterocycles. The highest BCUT2D eigenvalue weighted by Gasteiger charge is 2.71. The third kappa shape index (κ3) is 4.14. The lowest BCUT2D eigenvalue weighted by atomic mass is 9.39. The van der Waals surface area contributed by atoms with E-state index in [1.54, 1.807) is 0 Å². The van der Waals surface area contributed by atoms with Crippen molar-refractivity contribution in [1.29, 1.82) is 0 Å². The van der Waals surface area contributed by atoms with Gasteiger partial charge in [0.25, 0.3) is 0 Å². The van der Waals surface area contributed by atoms with E-state index in [0.717, 1.165) is 44.9 Å². The van der Waals surface area contributed by atoms with Crippen LogP contribution in [0, 0.1) is 34.0 Å². The standard InChI is InChI=1S/C34H44O4/c1-31(23-37-22-24-11-6-4-7-12-24)15-10-16-32(2)29(31)28(38-30(35)25-13-8-5-9-14-25)20-26-19-27-21-34(26,32)18-17-33(27,3)36/h4-9,11-14,26-29,36H,10,15-23H2,1-3H3/t26-,27-,28-,29+,31+,32+,33+,34+/m1/s1. The van der Waals surface area contributed by atoms with Gasteiger partial charge in [-0.15, -0.1) is 0 Å². The van der Waals surface area contributed by atoms with Gasteiger partial charge in [0.1, 0.15) is 6.10 Å². The zero-order valence-electron chi connectivity index (χ0n) is 23.3. The van der Waals surface area contributed by atoms with Crippen molar-refractivity contribution >= 4 is 5.97 Å². The number of carbonyl (C=O) groups excluding carboxylic acids is 1. The maximum Gasteiger partial charge on any atom is 0.338 e. The monoisotopic (exact) mass is 516 g/mol. The molecule has 1 spiro atoms. The number of aliphatic hydroxyl groups is 1. The van der Waals surface area contributed by atoms with Crippen molar-refractivity contribution in [1.82, 2.24) is 0 Å². The molecule has 4 heteroatoms. The van der Waals surface area contributed by atoms with Gasteiger partial charge in [-0.2, -0.15) is 0 Å². The molecular weight excluding hydrogens is 472 g/mol. The van der Waals surface area contributed by atoms with Gasteiger partial charge in [-0.1, -0.05) is 68.8 Å². The number of hydrogen-bond acceptors (Lipinski definition) is 4. The molecule has 0 unspecified atom stereocenters. The number of benzene rings is 2. The quantitative estimate of drug-likeness (QED) is 0.413. The Hall–Kier alpha value is -2.17. The molecule has 38 heavy (non-hydrogen) atoms. The molecule has 1 N–H and O–H groups in total. The highest BCUT2D eigenvalue weighted by atomic mass is 16.5. The largest absolute Gasteiger partial charge is 0.458 e. The summed E-state index contributed by atoms with van der Waals surface area (Å²) in [4.78, 5) is 13.4. The van der Waals surface area contributed by atoms with Crippen molar-refractivity contribution in [2.45, 2.75) is 90.4 Å². The normalized spacial score (nSPS) is 41.7. The van der Waals surface area contributed by atoms with Crippen LogP contribution in [0.2, 0.25) is 0 Å². The smallest absolute Gasteiger partial charge is 0.338 e. The fraction of sp³-hybridized carbons (Fsp3) is 0.618. The number of esters is 1. The maximum absolute atomic E-state index is 13.4. The summed E-state index contributed by atoms with van der Waals surface area (Å²) in [6.07, 6.45) is 8.31. The molecule has 4 nitrogen and oxygen atoms in total. The third-order valence-electron chi connectivity index (χ3n) is 11.6. The summed E-state index contributed by atoms with van der Waals surface area (Å²) in [6, 6.07) is 19.9. The van der Waals surface area contributed by atoms with Crippen LogP contribution in [0.1, 0.15) is 88.1 Å². The van der Waals surface area contributed by atoms with Crippen LogP contribution in [-0.2, 0) is 16.1 Å². The summed E-state index contributed by atoms with van der Waals surface area (Å²) < 4.78 is 13.0. The Bertz CT molecular complexity index is 1150. The Balaban J connectivity index is 1.34. The molecule has 4 saturated carbocycles. The van der Waals surface area contributed by atoms with Crippen molar-refractivity contribution in [3.8, 4) is 0 Å². The van der Waals surface area contributed by atoms with E-state index in [1.165, 1.54) is 12.0 Å². The van der Waals surface area contributed by atoms with Crippen molar-refractivity contribution in [3.05, 3.63) is 71.8 Å². The van der Waals surface area contributed by atoms with E-state index in [-0.39, 0.29) is 34.2 Å². The Labute approximate surface area is 228 Å². The van der Waals surface area contributed by atoms with Crippen LogP contribution >= 0.6 is 0 Å². The highest BCUT2D eigenvalue weighted by molar-refractivity contribution is 5.89. The fourth-order valence-electron chi connectivity index (χ4n) is 9.83. The van der Waals surface area contributed by atoms with E-state index in [2.05, 4.69) is 45.0 Å². The van der Waals surface area contributed by atoms with Gasteiger partial charge in [0.15, 0.2) is 0 Å². The van der Waals surface area contributed by atoms with Gasteiger partial charge < -0.3 is 14.6 Å². The number of carbonyl (C=O) groups is 1. The molecule has 2 aromatic rings. The molecule has 0 amide bonds. The van der Waals surface area contributed by atoms with E-state index >= 15 is 0 Å². The van der Waals surface area contributed by atoms with Gasteiger partial charge in [0.05, 0.1) is 24.4 Å². The number of rotatable bonds is 6. The fourth-order valence-corrected chi connectivity index (χ4v) is 9.83. The average Bonchev–Trinajstić information content (AvgIpc) is 3.25. The first-order valence-corrected chi connectivity index (χ1v) is 14.8. The Kier molecular flexibility index (Phi) is 6.51. The molecule has 2 aromatic carbocycles. The first-order valence-electron chi connectivity index (χ1n) is 14.8. The lowest BCUT2D eigenvalue weighted by Gasteiger charge is -2.67. The summed E-state index contributed by atoms with van der Waals surface area (Å²) in [5.74, 6) is 0.846. The molecule has 0 aromatic heterocycles. The zero-order chi connectivity index (χ0) is 26.6. The number of hydrogen-bond donors (Lipinski definition) is 1. The van der Waals surface area contributed by atoms with Gasteiger partial charge in [0, 0.05) is 5.92 Å². The zero-order valence-corrected chi connectivity index (χ0v) is 23.3. The second kappa shape index (κ2) is 9.48. The summed E-state index contributed by atoms with van der Waals surface area (Å²) in [6.45, 7) is 8.24. The summed E-state index contributed by atoms with van der Waals surface area (Å²) in [7, 11) is 0. The predicted molar refractivity (Wildman–Crippen MR) is 148 cm³/mol. The van der Waals surface area contributed by atoms with Gasteiger partial charge in [-0.3, -0.25) is 0 Å². The topological polar surface area (TPSA) is 55.8 Å². The van der Waals surface area contributed by atoms with Crippen LogP contribution in [0.15, 0.2) is 60.7 Å². The van der Waals surface area contributed by atoms with Crippen LogP contribution in [0.5, 0.6) is 0 Å². The molecule has 4 fully saturated rings. The van der Waals surface area contributed by atoms with Gasteiger partial charge in [0.2, 0.25) is 0 Å². The van der Waals surface area contributed by atoms with E-state index in [9.17, 15) is 9.90 Å². The number of ether oxygens (including phenoxy) is 2. The van der Waals surface area contributed by atoms with Crippen LogP contribution < -0.4 is 0 Å². The van der Waals surface area contributed by atoms with Crippen LogP contribution in [0.3, 0.4) is 0 Å². The van der Waals surface area contributed by atoms with E-state index < -0.39 is 5.60 Å². The SMILES string of the molecule is C[C@@]1(COCc2ccccc2)CCC[C@@]2(C)[C@H]1[C@H](OC(=O)c1ccccc1)C[C@H]1C[C@@H]3C[C@@]12CC[C@]3(C)O. The van der Waals surface area contributed by atoms with Gasteiger partial charge in [-0.25, -0.2) is 4.79 Å². The molecule has 6 rings (SSSR count). The van der Waals surface area contributed by atoms with Crippen LogP contribution in [0.4, 0.5) is 0 Å². The molecular formula is C34H44O4. The lowest BCUT2D eigenvalue weighted by molar-refractivity contribution is -0.224. The first kappa shape index (κ1) is 26.1. The molecule has 0 radical (unpaired) electrons. The lowest BCUT2D eigenvalue weighted by Crippen LogP contribution is -2.64. The van der Waals surface area contributed by atoms with E-state index in [4.69, 9.17) is 9.47 Å². The first-order chi connectivity index (χ1) is 18.2. The summed E-state index contributed by atoms with van der Waals surface area (Å²) >= 11 is 0. The second-order valence-electron chi connectivity index (χ2n) is 13.8. The van der Waals surface area contributed by atoms with Gasteiger partial charge in [-0.05, 0) is 97.6 Å². The minimum atomic E-state index is -0.582. The van der Waals surface area contributed by atoms with E-state index in [1.807, 2.05) is 36.4 Å². The molecule has 4 aliphatic rings. The average molecular weight is 517 g/mol. The molecule has 2 bridgehead atoms. The van der Waals surface area contributed by atoms with Crippen LogP contribution in [-0.4, -0.2) is 29.4 Å². The van der Waals surface area contributed by atoms with Crippen molar-refractivity contribution < 1.29 is 19.4 Å². The summed E-state index contributed by atoms with van der Waals surface area (Å²) in [5.41, 5.74) is 1.41.